The van der Waals surface area contributed by atoms with Crippen molar-refractivity contribution < 1.29 is 28.3 Å². The molecule has 6 rings (SSSR count). The number of H-pyrrole nitrogens is 1. The number of carbonyl (C=O) groups is 1. The quantitative estimate of drug-likeness (QED) is 0.0701. The van der Waals surface area contributed by atoms with Crippen LogP contribution in [-0.2, 0) is 18.6 Å². The van der Waals surface area contributed by atoms with Crippen molar-refractivity contribution in [2.75, 3.05) is 6.61 Å². The number of rotatable bonds is 12. The third-order valence-corrected chi connectivity index (χ3v) is 15.1. The molecule has 0 aromatic carbocycles. The maximum Gasteiger partial charge on any atom is 0.435 e. The van der Waals surface area contributed by atoms with E-state index in [1.807, 2.05) is 0 Å². The summed E-state index contributed by atoms with van der Waals surface area (Å²) >= 11 is 0. The normalized spacial score (nSPS) is 37.2. The number of ether oxygens (including phenoxy) is 2. The van der Waals surface area contributed by atoms with Crippen molar-refractivity contribution in [2.24, 2.45) is 51.5 Å². The molecule has 5 aliphatic rings. The van der Waals surface area contributed by atoms with E-state index in [1.54, 1.807) is 0 Å². The lowest BCUT2D eigenvalue weighted by molar-refractivity contribution is -0.0576. The third-order valence-electron chi connectivity index (χ3n) is 14.0. The molecule has 1 saturated heterocycles. The summed E-state index contributed by atoms with van der Waals surface area (Å²) in [7, 11) is -4.90. The Morgan fingerprint density at radius 2 is 1.94 bits per heavy atom. The molecule has 14 heteroatoms. The number of aryl methyl sites for hydroxylation is 1. The van der Waals surface area contributed by atoms with Gasteiger partial charge in [0.05, 0.1) is 18.8 Å². The van der Waals surface area contributed by atoms with Gasteiger partial charge in [-0.1, -0.05) is 70.6 Å². The first-order chi connectivity index (χ1) is 24.6. The van der Waals surface area contributed by atoms with Crippen molar-refractivity contribution in [3.63, 3.8) is 0 Å². The number of allylic oxidation sites excluding steroid dienone is 1. The Kier molecular flexibility index (Phi) is 11.4. The fraction of sp³-hybridized carbons (Fsp3) is 0.816. The van der Waals surface area contributed by atoms with Gasteiger partial charge in [-0.3, -0.25) is 18.9 Å². The van der Waals surface area contributed by atoms with Crippen molar-refractivity contribution in [3.8, 4) is 0 Å². The van der Waals surface area contributed by atoms with Crippen LogP contribution in [0.2, 0.25) is 0 Å². The van der Waals surface area contributed by atoms with Crippen LogP contribution in [0.1, 0.15) is 123 Å². The molecule has 1 aromatic heterocycles. The summed E-state index contributed by atoms with van der Waals surface area (Å²) in [5, 5.41) is 3.71. The van der Waals surface area contributed by atoms with Crippen molar-refractivity contribution in [1.82, 2.24) is 9.55 Å². The number of carbonyl (C=O) groups excluding carboxylic acids is 1. The Labute approximate surface area is 306 Å². The minimum atomic E-state index is -4.90. The molecule has 4 aliphatic carbocycles. The molecule has 12 atom stereocenters. The van der Waals surface area contributed by atoms with E-state index in [1.165, 1.54) is 63.6 Å². The molecule has 13 nitrogen and oxygen atoms in total. The molecule has 3 saturated carbocycles. The van der Waals surface area contributed by atoms with E-state index in [0.717, 1.165) is 41.1 Å². The third kappa shape index (κ3) is 7.50. The molecular formula is C38H58N5O8P. The Morgan fingerprint density at radius 1 is 1.17 bits per heavy atom. The summed E-state index contributed by atoms with van der Waals surface area (Å²) in [5.41, 5.74) is 8.55. The lowest BCUT2D eigenvalue weighted by Crippen LogP contribution is -2.51. The predicted molar refractivity (Wildman–Crippen MR) is 197 cm³/mol. The average molecular weight is 744 g/mol. The van der Waals surface area contributed by atoms with Crippen molar-refractivity contribution in [2.45, 2.75) is 143 Å². The number of hydrogen-bond donors (Lipinski definition) is 2. The van der Waals surface area contributed by atoms with Crippen LogP contribution in [0.25, 0.3) is 10.4 Å². The van der Waals surface area contributed by atoms with E-state index < -0.39 is 55.6 Å². The summed E-state index contributed by atoms with van der Waals surface area (Å²) < 4.78 is 31.0. The zero-order chi connectivity index (χ0) is 37.6. The maximum absolute atomic E-state index is 13.1. The lowest BCUT2D eigenvalue weighted by Gasteiger charge is -2.58. The molecule has 1 aromatic rings. The van der Waals surface area contributed by atoms with E-state index in [0.29, 0.717) is 30.1 Å². The molecule has 4 fully saturated rings. The van der Waals surface area contributed by atoms with Crippen LogP contribution in [0.3, 0.4) is 0 Å². The second-order valence-corrected chi connectivity index (χ2v) is 19.1. The number of azide groups is 1. The topological polar surface area (TPSA) is 186 Å². The zero-order valence-corrected chi connectivity index (χ0v) is 32.6. The first kappa shape index (κ1) is 39.0. The van der Waals surface area contributed by atoms with Crippen LogP contribution >= 0.6 is 7.60 Å². The molecule has 52 heavy (non-hydrogen) atoms. The van der Waals surface area contributed by atoms with Gasteiger partial charge in [-0.15, -0.1) is 0 Å². The zero-order valence-electron chi connectivity index (χ0n) is 31.7. The highest BCUT2D eigenvalue weighted by atomic mass is 31.2. The van der Waals surface area contributed by atoms with Gasteiger partial charge in [-0.2, -0.15) is 0 Å². The highest BCUT2D eigenvalue weighted by molar-refractivity contribution is 7.70. The summed E-state index contributed by atoms with van der Waals surface area (Å²) in [5.74, 6) is 4.33. The van der Waals surface area contributed by atoms with Gasteiger partial charge >= 0.3 is 19.0 Å². The van der Waals surface area contributed by atoms with Gasteiger partial charge in [-0.05, 0) is 104 Å². The van der Waals surface area contributed by atoms with Crippen molar-refractivity contribution in [1.29, 1.82) is 0 Å². The molecule has 2 unspecified atom stereocenters. The second kappa shape index (κ2) is 15.2. The van der Waals surface area contributed by atoms with Gasteiger partial charge in [0.2, 0.25) is 0 Å². The highest BCUT2D eigenvalue weighted by Gasteiger charge is 2.59. The first-order valence-corrected chi connectivity index (χ1v) is 21.0. The second-order valence-electron chi connectivity index (χ2n) is 17.5. The molecule has 1 aliphatic heterocycles. The minimum absolute atomic E-state index is 0.0342. The molecule has 0 spiro atoms. The van der Waals surface area contributed by atoms with E-state index in [-0.39, 0.29) is 17.4 Å². The average Bonchev–Trinajstić information content (AvgIpc) is 3.66. The highest BCUT2D eigenvalue weighted by Crippen LogP contribution is 2.67. The number of nitrogens with zero attached hydrogens (tertiary/aromatic N) is 4. The molecule has 0 amide bonds. The molecular weight excluding hydrogens is 685 g/mol. The van der Waals surface area contributed by atoms with Gasteiger partial charge in [-0.25, -0.2) is 14.2 Å². The molecule has 0 radical (unpaired) electrons. The number of hydrogen-bond acceptors (Lipinski definition) is 8. The molecule has 2 N–H and O–H groups in total. The van der Waals surface area contributed by atoms with E-state index in [4.69, 9.17) is 19.5 Å². The van der Waals surface area contributed by atoms with Crippen LogP contribution < -0.4 is 11.2 Å². The summed E-state index contributed by atoms with van der Waals surface area (Å²) in [6.45, 7) is 13.1. The SMILES string of the molecule is Cc1cn([C@H]2C[C@H](N=[N+]=[N-])[C@@H](COP(=O)(O)C(=O)O[C@H]3CC[C@@]4(C)C(=CCC5[C@@H]6CC[C@H]([C@H](C)CCCC(C)C)[C@@]6(C)CC[C@@H]54)C3)O2)c(=O)[nH]c1=O. The first-order valence-electron chi connectivity index (χ1n) is 19.5. The Bertz CT molecular complexity index is 1750. The minimum Gasteiger partial charge on any atom is -0.453 e. The number of aromatic nitrogens is 2. The maximum atomic E-state index is 13.1. The number of fused-ring (bicyclic) bond motifs is 5. The standard InChI is InChI=1S/C38H58N5O8P/c1-22(2)8-7-9-23(3)28-12-13-29-27-11-10-25-18-26(14-16-37(25,5)30(27)15-17-38(28,29)6)50-36(46)52(47,48)49-21-32-31(41-42-39)19-33(51-32)43-20-24(4)34(44)40-35(43)45/h10,20,22-23,26-33H,7-9,11-19,21H2,1-6H3,(H,47,48)(H,40,44,45)/t23-,26+,27?,28-,29+,30+,31+,32-,33-,37+,38-/m1/s1. The van der Waals surface area contributed by atoms with Crippen LogP contribution in [-0.4, -0.2) is 45.0 Å². The van der Waals surface area contributed by atoms with Crippen molar-refractivity contribution >= 4 is 13.3 Å². The van der Waals surface area contributed by atoms with E-state index >= 15 is 0 Å². The van der Waals surface area contributed by atoms with Gasteiger partial charge in [0.25, 0.3) is 5.56 Å². The number of nitrogens with one attached hydrogen (secondary N) is 1. The largest absolute Gasteiger partial charge is 0.453 e. The monoisotopic (exact) mass is 743 g/mol. The molecule has 2 heterocycles. The summed E-state index contributed by atoms with van der Waals surface area (Å²) in [6.07, 6.45) is 13.5. The molecule has 288 valence electrons. The van der Waals surface area contributed by atoms with Gasteiger partial charge in [0, 0.05) is 29.5 Å². The van der Waals surface area contributed by atoms with Crippen molar-refractivity contribution in [3.05, 3.63) is 54.7 Å². The lowest BCUT2D eigenvalue weighted by atomic mass is 9.47. The Hall–Kier alpha value is -2.69. The number of aromatic amines is 1. The fourth-order valence-corrected chi connectivity index (χ4v) is 11.9. The van der Waals surface area contributed by atoms with Gasteiger partial charge in [0.1, 0.15) is 12.3 Å². The van der Waals surface area contributed by atoms with Gasteiger partial charge < -0.3 is 14.4 Å². The predicted octanol–water partition coefficient (Wildman–Crippen LogP) is 8.56. The summed E-state index contributed by atoms with van der Waals surface area (Å²) in [6, 6.07) is -0.853. The van der Waals surface area contributed by atoms with Crippen LogP contribution in [0.4, 0.5) is 4.79 Å². The van der Waals surface area contributed by atoms with Crippen LogP contribution in [0.5, 0.6) is 0 Å². The van der Waals surface area contributed by atoms with E-state index in [2.05, 4.69) is 55.7 Å². The Balaban J connectivity index is 1.05. The van der Waals surface area contributed by atoms with E-state index in [9.17, 15) is 23.8 Å². The van der Waals surface area contributed by atoms with Gasteiger partial charge in [0.15, 0.2) is 0 Å². The Morgan fingerprint density at radius 3 is 2.67 bits per heavy atom. The van der Waals surface area contributed by atoms with Crippen LogP contribution in [0.15, 0.2) is 32.5 Å². The summed E-state index contributed by atoms with van der Waals surface area (Å²) in [4.78, 5) is 53.0. The fourth-order valence-electron chi connectivity index (χ4n) is 11.2. The van der Waals surface area contributed by atoms with Crippen LogP contribution in [0, 0.1) is 53.3 Å². The molecule has 0 bridgehead atoms. The smallest absolute Gasteiger partial charge is 0.435 e.